The van der Waals surface area contributed by atoms with Gasteiger partial charge in [0.15, 0.2) is 0 Å². The first-order valence-corrected chi connectivity index (χ1v) is 5.92. The van der Waals surface area contributed by atoms with E-state index in [0.717, 1.165) is 12.1 Å². The van der Waals surface area contributed by atoms with Crippen LogP contribution < -0.4 is 5.32 Å². The van der Waals surface area contributed by atoms with Crippen LogP contribution in [0.1, 0.15) is 44.0 Å². The van der Waals surface area contributed by atoms with E-state index in [0.29, 0.717) is 5.76 Å². The molecule has 0 aliphatic heterocycles. The topological polar surface area (TPSA) is 51.5 Å². The summed E-state index contributed by atoms with van der Waals surface area (Å²) in [5.74, 6) is 0.420. The van der Waals surface area contributed by atoms with Gasteiger partial charge in [-0.3, -0.25) is 0 Å². The zero-order valence-electron chi connectivity index (χ0n) is 11.7. The second kappa shape index (κ2) is 5.87. The first-order valence-electron chi connectivity index (χ1n) is 5.92. The molecule has 0 saturated heterocycles. The van der Waals surface area contributed by atoms with Crippen molar-refractivity contribution >= 4 is 12.0 Å². The van der Waals surface area contributed by atoms with Crippen LogP contribution in [0, 0.1) is 0 Å². The average Bonchev–Trinajstić information content (AvgIpc) is 2.73. The highest BCUT2D eigenvalue weighted by Crippen LogP contribution is 2.13. The molecule has 0 aliphatic carbocycles. The van der Waals surface area contributed by atoms with Gasteiger partial charge in [-0.1, -0.05) is 5.57 Å². The molecule has 0 atom stereocenters. The lowest BCUT2D eigenvalue weighted by Crippen LogP contribution is -2.36. The molecule has 1 aromatic rings. The number of rotatable bonds is 4. The molecule has 1 rings (SSSR count). The second-order valence-corrected chi connectivity index (χ2v) is 5.29. The zero-order chi connectivity index (χ0) is 13.8. The Morgan fingerprint density at radius 3 is 2.67 bits per heavy atom. The van der Waals surface area contributed by atoms with Gasteiger partial charge in [0, 0.05) is 12.1 Å². The van der Waals surface area contributed by atoms with E-state index in [4.69, 9.17) is 4.42 Å². The summed E-state index contributed by atoms with van der Waals surface area (Å²) >= 11 is 0. The van der Waals surface area contributed by atoms with E-state index in [1.807, 2.05) is 13.0 Å². The van der Waals surface area contributed by atoms with Crippen LogP contribution in [0.25, 0.3) is 6.08 Å². The van der Waals surface area contributed by atoms with Crippen LogP contribution in [-0.4, -0.2) is 25.2 Å². The van der Waals surface area contributed by atoms with Gasteiger partial charge in [-0.05, 0) is 45.9 Å². The van der Waals surface area contributed by atoms with Gasteiger partial charge in [0.05, 0.1) is 7.11 Å². The van der Waals surface area contributed by atoms with Crippen LogP contribution in [0.3, 0.4) is 0 Å². The highest BCUT2D eigenvalue weighted by molar-refractivity contribution is 5.86. The third-order valence-electron chi connectivity index (χ3n) is 2.30. The molecule has 0 bridgehead atoms. The Hall–Kier alpha value is -1.55. The van der Waals surface area contributed by atoms with Crippen molar-refractivity contribution in [1.82, 2.24) is 5.32 Å². The van der Waals surface area contributed by atoms with Gasteiger partial charge in [0.25, 0.3) is 0 Å². The van der Waals surface area contributed by atoms with E-state index in [2.05, 4.69) is 30.8 Å². The summed E-state index contributed by atoms with van der Waals surface area (Å²) in [7, 11) is 1.33. The lowest BCUT2D eigenvalue weighted by Gasteiger charge is -2.20. The smallest absolute Gasteiger partial charge is 0.373 e. The lowest BCUT2D eigenvalue weighted by atomic mass is 10.1. The third kappa shape index (κ3) is 4.75. The molecule has 0 radical (unpaired) electrons. The zero-order valence-corrected chi connectivity index (χ0v) is 11.7. The van der Waals surface area contributed by atoms with E-state index >= 15 is 0 Å². The Morgan fingerprint density at radius 1 is 1.44 bits per heavy atom. The number of nitrogens with one attached hydrogen (secondary N) is 1. The minimum atomic E-state index is -0.458. The molecule has 0 unspecified atom stereocenters. The monoisotopic (exact) mass is 251 g/mol. The van der Waals surface area contributed by atoms with Gasteiger partial charge >= 0.3 is 5.97 Å². The number of hydrogen-bond acceptors (Lipinski definition) is 4. The van der Waals surface area contributed by atoms with Crippen molar-refractivity contribution < 1.29 is 13.9 Å². The summed E-state index contributed by atoms with van der Waals surface area (Å²) in [6.07, 6.45) is 1.91. The van der Waals surface area contributed by atoms with Gasteiger partial charge in [-0.15, -0.1) is 0 Å². The van der Waals surface area contributed by atoms with Crippen LogP contribution in [0.15, 0.2) is 22.1 Å². The Balaban J connectivity index is 2.65. The Bertz CT molecular complexity index is 438. The van der Waals surface area contributed by atoms with Crippen molar-refractivity contribution in [2.75, 3.05) is 13.7 Å². The maximum atomic E-state index is 11.2. The quantitative estimate of drug-likeness (QED) is 0.836. The minimum Gasteiger partial charge on any atom is -0.463 e. The average molecular weight is 251 g/mol. The molecule has 18 heavy (non-hydrogen) atoms. The van der Waals surface area contributed by atoms with Crippen molar-refractivity contribution in [2.45, 2.75) is 33.2 Å². The predicted octanol–water partition coefficient (Wildman–Crippen LogP) is 2.86. The summed E-state index contributed by atoms with van der Waals surface area (Å²) in [4.78, 5) is 11.2. The van der Waals surface area contributed by atoms with Crippen LogP contribution >= 0.6 is 0 Å². The Labute approximate surface area is 108 Å². The summed E-state index contributed by atoms with van der Waals surface area (Å²) in [6.45, 7) is 9.13. The highest BCUT2D eigenvalue weighted by atomic mass is 16.5. The van der Waals surface area contributed by atoms with Gasteiger partial charge in [0.2, 0.25) is 5.76 Å². The number of carbonyl (C=O) groups excluding carboxylic acids is 1. The fourth-order valence-electron chi connectivity index (χ4n) is 1.34. The van der Waals surface area contributed by atoms with Crippen molar-refractivity contribution in [2.24, 2.45) is 0 Å². The minimum absolute atomic E-state index is 0.0788. The largest absolute Gasteiger partial charge is 0.463 e. The molecule has 1 aromatic heterocycles. The lowest BCUT2D eigenvalue weighted by molar-refractivity contribution is 0.0564. The standard InChI is InChI=1S/C14H21NO3/c1-10(9-15-14(2,3)4)8-11-6-7-12(18-11)13(16)17-5/h6-8,15H,9H2,1-5H3. The summed E-state index contributed by atoms with van der Waals surface area (Å²) in [5.41, 5.74) is 1.21. The van der Waals surface area contributed by atoms with E-state index in [1.165, 1.54) is 7.11 Å². The van der Waals surface area contributed by atoms with E-state index in [1.54, 1.807) is 12.1 Å². The molecule has 0 fully saturated rings. The Kier molecular flexibility index (Phi) is 4.73. The number of esters is 1. The molecule has 1 heterocycles. The second-order valence-electron chi connectivity index (χ2n) is 5.29. The molecule has 0 aliphatic rings. The predicted molar refractivity (Wildman–Crippen MR) is 71.5 cm³/mol. The number of hydrogen-bond donors (Lipinski definition) is 1. The van der Waals surface area contributed by atoms with Gasteiger partial charge in [-0.25, -0.2) is 4.79 Å². The van der Waals surface area contributed by atoms with Crippen LogP contribution in [-0.2, 0) is 4.74 Å². The molecule has 100 valence electrons. The van der Waals surface area contributed by atoms with Crippen LogP contribution in [0.5, 0.6) is 0 Å². The molecule has 0 spiro atoms. The van der Waals surface area contributed by atoms with Crippen molar-refractivity contribution in [1.29, 1.82) is 0 Å². The molecule has 4 heteroatoms. The van der Waals surface area contributed by atoms with E-state index in [9.17, 15) is 4.79 Å². The molecular weight excluding hydrogens is 230 g/mol. The third-order valence-corrected chi connectivity index (χ3v) is 2.30. The molecule has 0 aromatic carbocycles. The maximum Gasteiger partial charge on any atom is 0.373 e. The SMILES string of the molecule is COC(=O)c1ccc(C=C(C)CNC(C)(C)C)o1. The first kappa shape index (κ1) is 14.5. The number of methoxy groups -OCH3 is 1. The fraction of sp³-hybridized carbons (Fsp3) is 0.500. The van der Waals surface area contributed by atoms with Crippen LogP contribution in [0.4, 0.5) is 0 Å². The van der Waals surface area contributed by atoms with E-state index in [-0.39, 0.29) is 11.3 Å². The van der Waals surface area contributed by atoms with Gasteiger partial charge in [-0.2, -0.15) is 0 Å². The normalized spacial score (nSPS) is 12.6. The summed E-state index contributed by atoms with van der Waals surface area (Å²) < 4.78 is 9.94. The van der Waals surface area contributed by atoms with Gasteiger partial charge in [0.1, 0.15) is 5.76 Å². The van der Waals surface area contributed by atoms with Crippen molar-refractivity contribution in [3.8, 4) is 0 Å². The molecule has 4 nitrogen and oxygen atoms in total. The molecular formula is C14H21NO3. The molecule has 1 N–H and O–H groups in total. The highest BCUT2D eigenvalue weighted by Gasteiger charge is 2.11. The first-order chi connectivity index (χ1) is 8.31. The van der Waals surface area contributed by atoms with Gasteiger partial charge < -0.3 is 14.5 Å². The number of carbonyl (C=O) groups is 1. The fourth-order valence-corrected chi connectivity index (χ4v) is 1.34. The Morgan fingerprint density at radius 2 is 2.11 bits per heavy atom. The summed E-state index contributed by atoms with van der Waals surface area (Å²) in [6, 6.07) is 3.37. The van der Waals surface area contributed by atoms with Crippen molar-refractivity contribution in [3.63, 3.8) is 0 Å². The maximum absolute atomic E-state index is 11.2. The number of furan rings is 1. The van der Waals surface area contributed by atoms with Crippen LogP contribution in [0.2, 0.25) is 0 Å². The van der Waals surface area contributed by atoms with Crippen molar-refractivity contribution in [3.05, 3.63) is 29.2 Å². The van der Waals surface area contributed by atoms with E-state index < -0.39 is 5.97 Å². The number of ether oxygens (including phenoxy) is 1. The molecule has 0 amide bonds. The summed E-state index contributed by atoms with van der Waals surface area (Å²) in [5, 5.41) is 3.38. The molecule has 0 saturated carbocycles.